The molecule has 1 aliphatic carbocycles. The number of aryl methyl sites for hydroxylation is 2. The van der Waals surface area contributed by atoms with Crippen molar-refractivity contribution < 1.29 is 14.3 Å². The van der Waals surface area contributed by atoms with Gasteiger partial charge in [0.15, 0.2) is 0 Å². The fourth-order valence-electron chi connectivity index (χ4n) is 5.20. The van der Waals surface area contributed by atoms with Crippen LogP contribution in [0.1, 0.15) is 61.5 Å². The normalized spacial score (nSPS) is 23.5. The largest absolute Gasteiger partial charge is 0.496 e. The lowest BCUT2D eigenvalue weighted by molar-refractivity contribution is 0.131. The van der Waals surface area contributed by atoms with Crippen LogP contribution in [0.3, 0.4) is 0 Å². The number of carbonyl (C=O) groups is 1. The van der Waals surface area contributed by atoms with E-state index < -0.39 is 0 Å². The van der Waals surface area contributed by atoms with E-state index in [1.54, 1.807) is 7.11 Å². The number of allylic oxidation sites excluding steroid dienone is 1. The van der Waals surface area contributed by atoms with Crippen LogP contribution in [-0.2, 0) is 4.74 Å². The maximum Gasteiger partial charge on any atom is 0.411 e. The molecule has 2 N–H and O–H groups in total. The number of ether oxygens (including phenoxy) is 2. The van der Waals surface area contributed by atoms with Crippen molar-refractivity contribution >= 4 is 17.4 Å². The minimum Gasteiger partial charge on any atom is -0.496 e. The van der Waals surface area contributed by atoms with Crippen LogP contribution in [0.15, 0.2) is 42.0 Å². The second-order valence-electron chi connectivity index (χ2n) is 9.48. The number of cyclic esters (lactones) is 1. The molecule has 5 nitrogen and oxygen atoms in total. The Bertz CT molecular complexity index is 1040. The van der Waals surface area contributed by atoms with Crippen molar-refractivity contribution in [2.75, 3.05) is 19.4 Å². The third kappa shape index (κ3) is 4.34. The van der Waals surface area contributed by atoms with Crippen LogP contribution in [-0.4, -0.2) is 30.7 Å². The average molecular weight is 435 g/mol. The monoisotopic (exact) mass is 434 g/mol. The van der Waals surface area contributed by atoms with E-state index in [0.717, 1.165) is 41.8 Å². The molecule has 2 aromatic rings. The molecular formula is C27H34N2O3. The van der Waals surface area contributed by atoms with Gasteiger partial charge >= 0.3 is 6.09 Å². The molecule has 0 bridgehead atoms. The van der Waals surface area contributed by atoms with Gasteiger partial charge in [-0.15, -0.1) is 0 Å². The number of anilines is 1. The summed E-state index contributed by atoms with van der Waals surface area (Å²) in [6.45, 7) is 9.08. The van der Waals surface area contributed by atoms with Gasteiger partial charge in [-0.1, -0.05) is 36.2 Å². The van der Waals surface area contributed by atoms with Crippen molar-refractivity contribution in [2.24, 2.45) is 5.92 Å². The Hall–Kier alpha value is -2.95. The molecule has 1 amide bonds. The Morgan fingerprint density at radius 1 is 1.12 bits per heavy atom. The highest BCUT2D eigenvalue weighted by atomic mass is 16.6. The highest BCUT2D eigenvalue weighted by Gasteiger charge is 2.40. The summed E-state index contributed by atoms with van der Waals surface area (Å²) in [5.74, 6) is 1.40. The summed E-state index contributed by atoms with van der Waals surface area (Å²) in [7, 11) is 1.69. The zero-order valence-electron chi connectivity index (χ0n) is 19.8. The summed E-state index contributed by atoms with van der Waals surface area (Å²) >= 11 is 0. The van der Waals surface area contributed by atoms with Crippen LogP contribution >= 0.6 is 0 Å². The fourth-order valence-corrected chi connectivity index (χ4v) is 5.20. The number of hydrogen-bond acceptors (Lipinski definition) is 4. The van der Waals surface area contributed by atoms with Crippen molar-refractivity contribution in [3.05, 3.63) is 64.2 Å². The zero-order chi connectivity index (χ0) is 23.0. The summed E-state index contributed by atoms with van der Waals surface area (Å²) in [6, 6.07) is 12.1. The topological polar surface area (TPSA) is 64.8 Å². The lowest BCUT2D eigenvalue weighted by Gasteiger charge is -2.30. The summed E-state index contributed by atoms with van der Waals surface area (Å²) in [6.07, 6.45) is 2.52. The predicted molar refractivity (Wildman–Crippen MR) is 129 cm³/mol. The van der Waals surface area contributed by atoms with Gasteiger partial charge in [0, 0.05) is 17.8 Å². The van der Waals surface area contributed by atoms with E-state index >= 15 is 0 Å². The molecule has 1 heterocycles. The number of rotatable bonds is 5. The first kappa shape index (κ1) is 22.3. The van der Waals surface area contributed by atoms with Crippen molar-refractivity contribution in [3.63, 3.8) is 0 Å². The summed E-state index contributed by atoms with van der Waals surface area (Å²) in [4.78, 5) is 14.8. The quantitative estimate of drug-likeness (QED) is 0.582. The molecule has 5 heteroatoms. The molecule has 1 saturated heterocycles. The minimum absolute atomic E-state index is 0.0441. The lowest BCUT2D eigenvalue weighted by atomic mass is 9.81. The second-order valence-corrected chi connectivity index (χ2v) is 9.48. The Morgan fingerprint density at radius 3 is 2.53 bits per heavy atom. The standard InChI is InChI=1S/C27H34N2O3/c1-16-6-8-23(24-14-22(28)7-9-25(24)31-5)21(11-16)15-29-19(4)26(32-27(29)30)20-12-17(2)10-18(3)13-20/h7,9-10,12-14,16,19,26H,6,8,11,15,28H2,1-5H3/t16?,19-,26-/m0/s1. The van der Waals surface area contributed by atoms with Crippen LogP contribution in [0, 0.1) is 19.8 Å². The highest BCUT2D eigenvalue weighted by molar-refractivity contribution is 5.78. The van der Waals surface area contributed by atoms with Gasteiger partial charge in [-0.3, -0.25) is 4.90 Å². The average Bonchev–Trinajstić information content (AvgIpc) is 3.01. The first-order chi connectivity index (χ1) is 15.3. The number of benzene rings is 2. The van der Waals surface area contributed by atoms with Crippen LogP contribution in [0.25, 0.3) is 5.57 Å². The van der Waals surface area contributed by atoms with Gasteiger partial charge in [0.2, 0.25) is 0 Å². The number of methoxy groups -OCH3 is 1. The Labute approximate surface area is 191 Å². The smallest absolute Gasteiger partial charge is 0.411 e. The molecule has 170 valence electrons. The van der Waals surface area contributed by atoms with Crippen molar-refractivity contribution in [1.29, 1.82) is 0 Å². The molecule has 0 radical (unpaired) electrons. The molecule has 32 heavy (non-hydrogen) atoms. The highest BCUT2D eigenvalue weighted by Crippen LogP contribution is 2.42. The molecule has 1 unspecified atom stereocenters. The van der Waals surface area contributed by atoms with Crippen LogP contribution in [0.5, 0.6) is 5.75 Å². The molecule has 2 aromatic carbocycles. The molecule has 2 aliphatic rings. The van der Waals surface area contributed by atoms with E-state index in [9.17, 15) is 4.79 Å². The van der Waals surface area contributed by atoms with E-state index in [1.165, 1.54) is 22.3 Å². The Morgan fingerprint density at radius 2 is 1.84 bits per heavy atom. The van der Waals surface area contributed by atoms with Gasteiger partial charge in [0.25, 0.3) is 0 Å². The summed E-state index contributed by atoms with van der Waals surface area (Å²) in [5, 5.41) is 0. The molecular weight excluding hydrogens is 400 g/mol. The molecule has 4 rings (SSSR count). The van der Waals surface area contributed by atoms with E-state index in [-0.39, 0.29) is 18.2 Å². The van der Waals surface area contributed by atoms with Gasteiger partial charge < -0.3 is 15.2 Å². The molecule has 3 atom stereocenters. The van der Waals surface area contributed by atoms with Crippen molar-refractivity contribution in [1.82, 2.24) is 4.90 Å². The Balaban J connectivity index is 1.67. The number of nitrogen functional groups attached to an aromatic ring is 1. The number of nitrogens with two attached hydrogens (primary N) is 1. The third-order valence-electron chi connectivity index (χ3n) is 6.78. The molecule has 1 fully saturated rings. The fraction of sp³-hybridized carbons (Fsp3) is 0.444. The zero-order valence-corrected chi connectivity index (χ0v) is 19.8. The maximum absolute atomic E-state index is 13.0. The molecule has 0 aromatic heterocycles. The van der Waals surface area contributed by atoms with E-state index in [2.05, 4.69) is 45.9 Å². The SMILES string of the molecule is COc1ccc(N)cc1C1=C(CN2C(=O)O[C@H](c3cc(C)cc(C)c3)[C@@H]2C)CC(C)CC1. The third-order valence-corrected chi connectivity index (χ3v) is 6.78. The maximum atomic E-state index is 13.0. The lowest BCUT2D eigenvalue weighted by Crippen LogP contribution is -2.34. The summed E-state index contributed by atoms with van der Waals surface area (Å²) in [5.41, 5.74) is 13.8. The van der Waals surface area contributed by atoms with Crippen LogP contribution < -0.4 is 10.5 Å². The van der Waals surface area contributed by atoms with E-state index in [0.29, 0.717) is 12.5 Å². The van der Waals surface area contributed by atoms with Gasteiger partial charge in [-0.2, -0.15) is 0 Å². The van der Waals surface area contributed by atoms with Crippen molar-refractivity contribution in [2.45, 2.75) is 59.1 Å². The number of hydrogen-bond donors (Lipinski definition) is 1. The van der Waals surface area contributed by atoms with Gasteiger partial charge in [-0.05, 0) is 80.9 Å². The number of amides is 1. The number of carbonyl (C=O) groups excluding carboxylic acids is 1. The number of nitrogens with zero attached hydrogens (tertiary/aromatic N) is 1. The van der Waals surface area contributed by atoms with Gasteiger partial charge in [0.05, 0.1) is 13.2 Å². The van der Waals surface area contributed by atoms with Crippen LogP contribution in [0.2, 0.25) is 0 Å². The summed E-state index contributed by atoms with van der Waals surface area (Å²) < 4.78 is 11.5. The van der Waals surface area contributed by atoms with Gasteiger partial charge in [-0.25, -0.2) is 4.79 Å². The minimum atomic E-state index is -0.256. The van der Waals surface area contributed by atoms with Gasteiger partial charge in [0.1, 0.15) is 11.9 Å². The molecule has 1 aliphatic heterocycles. The molecule has 0 saturated carbocycles. The first-order valence-electron chi connectivity index (χ1n) is 11.5. The Kier molecular flexibility index (Phi) is 6.18. The predicted octanol–water partition coefficient (Wildman–Crippen LogP) is 6.05. The van der Waals surface area contributed by atoms with E-state index in [4.69, 9.17) is 15.2 Å². The second kappa shape index (κ2) is 8.89. The molecule has 0 spiro atoms. The van der Waals surface area contributed by atoms with E-state index in [1.807, 2.05) is 23.1 Å². The van der Waals surface area contributed by atoms with Crippen LogP contribution in [0.4, 0.5) is 10.5 Å². The van der Waals surface area contributed by atoms with Crippen molar-refractivity contribution in [3.8, 4) is 5.75 Å². The first-order valence-corrected chi connectivity index (χ1v) is 11.5.